The van der Waals surface area contributed by atoms with E-state index in [-0.39, 0.29) is 5.75 Å². The second-order valence-corrected chi connectivity index (χ2v) is 8.55. The average Bonchev–Trinajstić information content (AvgIpc) is 2.92. The van der Waals surface area contributed by atoms with Gasteiger partial charge in [-0.15, -0.1) is 13.2 Å². The molecule has 192 valence electrons. The van der Waals surface area contributed by atoms with Crippen LogP contribution < -0.4 is 19.4 Å². The highest BCUT2D eigenvalue weighted by atomic mass is 19.4. The summed E-state index contributed by atoms with van der Waals surface area (Å²) in [6.45, 7) is 4.83. The van der Waals surface area contributed by atoms with Crippen molar-refractivity contribution in [1.29, 1.82) is 5.26 Å². The predicted molar refractivity (Wildman–Crippen MR) is 131 cm³/mol. The maximum Gasteiger partial charge on any atom is 0.573 e. The summed E-state index contributed by atoms with van der Waals surface area (Å²) in [7, 11) is 0. The molecule has 0 saturated carbocycles. The summed E-state index contributed by atoms with van der Waals surface area (Å²) in [6, 6.07) is 13.2. The molecule has 0 unspecified atom stereocenters. The molecule has 5 rings (SSSR count). The lowest BCUT2D eigenvalue weighted by Crippen LogP contribution is -2.47. The molecule has 37 heavy (non-hydrogen) atoms. The van der Waals surface area contributed by atoms with Gasteiger partial charge in [0.15, 0.2) is 0 Å². The van der Waals surface area contributed by atoms with E-state index in [9.17, 15) is 18.4 Å². The van der Waals surface area contributed by atoms with Crippen molar-refractivity contribution in [3.63, 3.8) is 0 Å². The van der Waals surface area contributed by atoms with Gasteiger partial charge in [-0.2, -0.15) is 10.2 Å². The van der Waals surface area contributed by atoms with Gasteiger partial charge in [-0.1, -0.05) is 12.1 Å². The first-order valence-electron chi connectivity index (χ1n) is 11.8. The first kappa shape index (κ1) is 24.6. The topological polar surface area (TPSA) is 90.6 Å². The van der Waals surface area contributed by atoms with Crippen molar-refractivity contribution >= 4 is 17.6 Å². The molecule has 4 heterocycles. The Morgan fingerprint density at radius 2 is 1.65 bits per heavy atom. The molecular weight excluding hydrogens is 487 g/mol. The van der Waals surface area contributed by atoms with Gasteiger partial charge in [-0.05, 0) is 24.3 Å². The molecule has 1 aromatic carbocycles. The Morgan fingerprint density at radius 1 is 0.892 bits per heavy atom. The number of nitriles is 1. The van der Waals surface area contributed by atoms with Crippen molar-refractivity contribution < 1.29 is 22.6 Å². The van der Waals surface area contributed by atoms with Crippen molar-refractivity contribution in [1.82, 2.24) is 15.0 Å². The Morgan fingerprint density at radius 3 is 2.38 bits per heavy atom. The SMILES string of the molecule is N#Cc1cccnc1N1CCN(c2cc(-c3cccc(OC(F)(F)F)c3)nc(N3CCOCC3)n2)CC1. The van der Waals surface area contributed by atoms with Crippen molar-refractivity contribution in [2.45, 2.75) is 6.36 Å². The average molecular weight is 512 g/mol. The van der Waals surface area contributed by atoms with Gasteiger partial charge in [0.2, 0.25) is 5.95 Å². The number of anilines is 3. The number of hydrogen-bond donors (Lipinski definition) is 0. The maximum atomic E-state index is 12.8. The Bertz CT molecular complexity index is 1280. The third-order valence-electron chi connectivity index (χ3n) is 6.17. The number of ether oxygens (including phenoxy) is 2. The molecule has 0 amide bonds. The molecule has 3 aromatic rings. The van der Waals surface area contributed by atoms with Gasteiger partial charge in [-0.3, -0.25) is 0 Å². The summed E-state index contributed by atoms with van der Waals surface area (Å²) < 4.78 is 47.9. The maximum absolute atomic E-state index is 12.8. The van der Waals surface area contributed by atoms with Crippen LogP contribution in [0.5, 0.6) is 5.75 Å². The zero-order valence-corrected chi connectivity index (χ0v) is 19.9. The molecule has 0 radical (unpaired) electrons. The number of benzene rings is 1. The minimum Gasteiger partial charge on any atom is -0.406 e. The van der Waals surface area contributed by atoms with E-state index in [2.05, 4.69) is 30.6 Å². The lowest BCUT2D eigenvalue weighted by Gasteiger charge is -2.37. The summed E-state index contributed by atoms with van der Waals surface area (Å²) in [5.74, 6) is 1.52. The van der Waals surface area contributed by atoms with Crippen molar-refractivity contribution in [3.8, 4) is 23.1 Å². The molecule has 0 atom stereocenters. The fraction of sp³-hybridized carbons (Fsp3) is 0.360. The molecule has 0 N–H and O–H groups in total. The molecule has 0 aliphatic carbocycles. The lowest BCUT2D eigenvalue weighted by atomic mass is 10.1. The largest absolute Gasteiger partial charge is 0.573 e. The van der Waals surface area contributed by atoms with E-state index in [0.717, 1.165) is 0 Å². The molecule has 2 saturated heterocycles. The molecule has 2 aliphatic rings. The Balaban J connectivity index is 1.43. The van der Waals surface area contributed by atoms with E-state index in [4.69, 9.17) is 9.72 Å². The van der Waals surface area contributed by atoms with Crippen LogP contribution in [-0.2, 0) is 4.74 Å². The summed E-state index contributed by atoms with van der Waals surface area (Å²) in [5.41, 5.74) is 1.51. The zero-order chi connectivity index (χ0) is 25.8. The number of morpholine rings is 1. The number of hydrogen-bond acceptors (Lipinski definition) is 9. The summed E-state index contributed by atoms with van der Waals surface area (Å²) in [5, 5.41) is 9.43. The second kappa shape index (κ2) is 10.5. The smallest absolute Gasteiger partial charge is 0.406 e. The molecular formula is C25H24F3N7O2. The number of alkyl halides is 3. The molecule has 12 heteroatoms. The number of nitrogens with zero attached hydrogens (tertiary/aromatic N) is 7. The van der Waals surface area contributed by atoms with Crippen LogP contribution in [0, 0.1) is 11.3 Å². The van der Waals surface area contributed by atoms with Crippen LogP contribution in [0.15, 0.2) is 48.7 Å². The Kier molecular flexibility index (Phi) is 6.96. The number of piperazine rings is 1. The van der Waals surface area contributed by atoms with Crippen molar-refractivity contribution in [2.75, 3.05) is 67.2 Å². The molecule has 2 fully saturated rings. The summed E-state index contributed by atoms with van der Waals surface area (Å²) in [4.78, 5) is 20.1. The van der Waals surface area contributed by atoms with Gasteiger partial charge in [0.05, 0.1) is 24.5 Å². The van der Waals surface area contributed by atoms with Crippen LogP contribution in [0.3, 0.4) is 0 Å². The molecule has 2 aliphatic heterocycles. The van der Waals surface area contributed by atoms with E-state index >= 15 is 0 Å². The second-order valence-electron chi connectivity index (χ2n) is 8.55. The van der Waals surface area contributed by atoms with E-state index in [1.165, 1.54) is 18.2 Å². The zero-order valence-electron chi connectivity index (χ0n) is 19.9. The standard InChI is InChI=1S/C25H24F3N7O2/c26-25(27,28)37-20-5-1-3-18(15-20)21-16-22(32-24(31-21)35-11-13-36-14-12-35)33-7-9-34(10-8-33)23-19(17-29)4-2-6-30-23/h1-6,15-16H,7-14H2. The minimum absolute atomic E-state index is 0.310. The van der Waals surface area contributed by atoms with Gasteiger partial charge >= 0.3 is 6.36 Å². The highest BCUT2D eigenvalue weighted by Crippen LogP contribution is 2.31. The number of aromatic nitrogens is 3. The highest BCUT2D eigenvalue weighted by Gasteiger charge is 2.31. The predicted octanol–water partition coefficient (Wildman–Crippen LogP) is 3.47. The molecule has 9 nitrogen and oxygen atoms in total. The van der Waals surface area contributed by atoms with Crippen molar-refractivity contribution in [2.24, 2.45) is 0 Å². The number of halogens is 3. The summed E-state index contributed by atoms with van der Waals surface area (Å²) in [6.07, 6.45) is -3.11. The van der Waals surface area contributed by atoms with Gasteiger partial charge in [0, 0.05) is 57.1 Å². The van der Waals surface area contributed by atoms with Crippen LogP contribution in [0.25, 0.3) is 11.3 Å². The van der Waals surface area contributed by atoms with Crippen LogP contribution >= 0.6 is 0 Å². The normalized spacial score (nSPS) is 16.4. The number of rotatable bonds is 5. The first-order chi connectivity index (χ1) is 17.9. The minimum atomic E-state index is -4.78. The molecule has 0 spiro atoms. The quantitative estimate of drug-likeness (QED) is 0.511. The number of pyridine rings is 1. The highest BCUT2D eigenvalue weighted by molar-refractivity contribution is 5.67. The van der Waals surface area contributed by atoms with E-state index < -0.39 is 6.36 Å². The third-order valence-corrected chi connectivity index (χ3v) is 6.17. The first-order valence-corrected chi connectivity index (χ1v) is 11.8. The lowest BCUT2D eigenvalue weighted by molar-refractivity contribution is -0.274. The van der Waals surface area contributed by atoms with E-state index in [1.807, 2.05) is 4.90 Å². The molecule has 2 aromatic heterocycles. The van der Waals surface area contributed by atoms with Crippen LogP contribution in [0.1, 0.15) is 5.56 Å². The van der Waals surface area contributed by atoms with E-state index in [1.54, 1.807) is 30.5 Å². The Hall–Kier alpha value is -4.11. The Labute approximate surface area is 211 Å². The van der Waals surface area contributed by atoms with E-state index in [0.29, 0.717) is 86.9 Å². The molecule has 0 bridgehead atoms. The summed E-state index contributed by atoms with van der Waals surface area (Å²) >= 11 is 0. The van der Waals surface area contributed by atoms with Gasteiger partial charge < -0.3 is 24.2 Å². The van der Waals surface area contributed by atoms with Gasteiger partial charge in [0.1, 0.15) is 23.5 Å². The van der Waals surface area contributed by atoms with Gasteiger partial charge in [0.25, 0.3) is 0 Å². The fourth-order valence-electron chi connectivity index (χ4n) is 4.37. The van der Waals surface area contributed by atoms with Crippen LogP contribution in [-0.4, -0.2) is 73.8 Å². The third kappa shape index (κ3) is 5.83. The monoisotopic (exact) mass is 511 g/mol. The van der Waals surface area contributed by atoms with Gasteiger partial charge in [-0.25, -0.2) is 9.97 Å². The van der Waals surface area contributed by atoms with Crippen molar-refractivity contribution in [3.05, 3.63) is 54.2 Å². The van der Waals surface area contributed by atoms with Crippen LogP contribution in [0.2, 0.25) is 0 Å². The fourth-order valence-corrected chi connectivity index (χ4v) is 4.37. The van der Waals surface area contributed by atoms with Crippen LogP contribution in [0.4, 0.5) is 30.8 Å².